The molecule has 2 nitrogen and oxygen atoms in total. The molecule has 0 amide bonds. The van der Waals surface area contributed by atoms with Gasteiger partial charge in [-0.3, -0.25) is 0 Å². The van der Waals surface area contributed by atoms with E-state index >= 15 is 0 Å². The highest BCUT2D eigenvalue weighted by molar-refractivity contribution is 7.92. The Labute approximate surface area is 95.9 Å². The first-order chi connectivity index (χ1) is 7.68. The summed E-state index contributed by atoms with van der Waals surface area (Å²) in [6.07, 6.45) is 6.08. The predicted octanol–water partition coefficient (Wildman–Crippen LogP) is 2.42. The van der Waals surface area contributed by atoms with Crippen LogP contribution in [0.3, 0.4) is 0 Å². The van der Waals surface area contributed by atoms with Gasteiger partial charge in [0.15, 0.2) is 9.84 Å². The lowest BCUT2D eigenvalue weighted by Crippen LogP contribution is -2.25. The molecule has 16 heavy (non-hydrogen) atoms. The van der Waals surface area contributed by atoms with Gasteiger partial charge in [-0.05, 0) is 36.8 Å². The van der Waals surface area contributed by atoms with Gasteiger partial charge in [-0.1, -0.05) is 30.4 Å². The molecular formula is C13H14O2S. The second kappa shape index (κ2) is 3.45. The fourth-order valence-corrected chi connectivity index (χ4v) is 4.92. The van der Waals surface area contributed by atoms with Crippen molar-refractivity contribution in [3.05, 3.63) is 42.5 Å². The van der Waals surface area contributed by atoms with Crippen molar-refractivity contribution < 1.29 is 8.42 Å². The number of fused-ring (bicyclic) bond motifs is 2. The minimum Gasteiger partial charge on any atom is -0.223 e. The highest BCUT2D eigenvalue weighted by Gasteiger charge is 2.43. The lowest BCUT2D eigenvalue weighted by molar-refractivity contribution is 0.561. The fourth-order valence-electron chi connectivity index (χ4n) is 2.87. The molecule has 0 aliphatic heterocycles. The number of hydrogen-bond donors (Lipinski definition) is 0. The van der Waals surface area contributed by atoms with Crippen LogP contribution in [0, 0.1) is 11.8 Å². The van der Waals surface area contributed by atoms with Crippen LogP contribution in [0.4, 0.5) is 0 Å². The normalized spacial score (nSPS) is 32.1. The molecule has 1 aromatic carbocycles. The summed E-state index contributed by atoms with van der Waals surface area (Å²) in [5.74, 6) is 0.740. The van der Waals surface area contributed by atoms with Gasteiger partial charge in [0.2, 0.25) is 0 Å². The lowest BCUT2D eigenvalue weighted by Gasteiger charge is -2.18. The van der Waals surface area contributed by atoms with Crippen molar-refractivity contribution >= 4 is 9.84 Å². The van der Waals surface area contributed by atoms with Crippen LogP contribution in [0.1, 0.15) is 12.8 Å². The molecule has 0 unspecified atom stereocenters. The van der Waals surface area contributed by atoms with Crippen molar-refractivity contribution in [2.75, 3.05) is 0 Å². The Bertz CT molecular complexity index is 516. The van der Waals surface area contributed by atoms with Crippen molar-refractivity contribution in [3.8, 4) is 0 Å². The monoisotopic (exact) mass is 234 g/mol. The SMILES string of the molecule is O=S(=O)(c1ccccc1)[C@H]1C[C@@H]2C=C[C@H]1C2. The molecule has 3 rings (SSSR count). The molecule has 3 atom stereocenters. The molecule has 0 heterocycles. The van der Waals surface area contributed by atoms with Crippen molar-refractivity contribution in [3.63, 3.8) is 0 Å². The highest BCUT2D eigenvalue weighted by atomic mass is 32.2. The maximum Gasteiger partial charge on any atom is 0.181 e. The Hall–Kier alpha value is -1.09. The molecular weight excluding hydrogens is 220 g/mol. The number of sulfone groups is 1. The summed E-state index contributed by atoms with van der Waals surface area (Å²) in [4.78, 5) is 0.473. The zero-order valence-electron chi connectivity index (χ0n) is 8.91. The second-order valence-electron chi connectivity index (χ2n) is 4.68. The van der Waals surface area contributed by atoms with Crippen LogP contribution in [0.25, 0.3) is 0 Å². The third-order valence-electron chi connectivity index (χ3n) is 3.69. The fraction of sp³-hybridized carbons (Fsp3) is 0.385. The van der Waals surface area contributed by atoms with Crippen molar-refractivity contribution in [1.82, 2.24) is 0 Å². The Balaban J connectivity index is 1.98. The Morgan fingerprint density at radius 2 is 1.75 bits per heavy atom. The van der Waals surface area contributed by atoms with Gasteiger partial charge in [-0.2, -0.15) is 0 Å². The Morgan fingerprint density at radius 1 is 1.00 bits per heavy atom. The molecule has 0 saturated heterocycles. The lowest BCUT2D eigenvalue weighted by atomic mass is 10.1. The first-order valence-corrected chi connectivity index (χ1v) is 7.20. The summed E-state index contributed by atoms with van der Waals surface area (Å²) in [5.41, 5.74) is 0. The molecule has 3 heteroatoms. The first-order valence-electron chi connectivity index (χ1n) is 5.65. The predicted molar refractivity (Wildman–Crippen MR) is 62.8 cm³/mol. The molecule has 0 N–H and O–H groups in total. The number of rotatable bonds is 2. The van der Waals surface area contributed by atoms with E-state index in [-0.39, 0.29) is 11.2 Å². The molecule has 1 aromatic rings. The number of allylic oxidation sites excluding steroid dienone is 2. The van der Waals surface area contributed by atoms with E-state index in [1.807, 2.05) is 6.07 Å². The molecule has 2 aliphatic rings. The van der Waals surface area contributed by atoms with Gasteiger partial charge < -0.3 is 0 Å². The smallest absolute Gasteiger partial charge is 0.181 e. The minimum atomic E-state index is -3.12. The van der Waals surface area contributed by atoms with Crippen molar-refractivity contribution in [2.45, 2.75) is 23.0 Å². The van der Waals surface area contributed by atoms with Crippen LogP contribution < -0.4 is 0 Å². The van der Waals surface area contributed by atoms with E-state index in [1.54, 1.807) is 24.3 Å². The van der Waals surface area contributed by atoms with E-state index in [0.717, 1.165) is 12.8 Å². The van der Waals surface area contributed by atoms with E-state index in [0.29, 0.717) is 10.8 Å². The van der Waals surface area contributed by atoms with Crippen LogP contribution in [0.5, 0.6) is 0 Å². The summed E-state index contributed by atoms with van der Waals surface area (Å²) in [5, 5.41) is -0.190. The van der Waals surface area contributed by atoms with E-state index in [2.05, 4.69) is 12.2 Å². The zero-order valence-corrected chi connectivity index (χ0v) is 9.73. The first kappa shape index (κ1) is 10.1. The van der Waals surface area contributed by atoms with Crippen molar-refractivity contribution in [2.24, 2.45) is 11.8 Å². The van der Waals surface area contributed by atoms with Crippen LogP contribution in [0.2, 0.25) is 0 Å². The van der Waals surface area contributed by atoms with E-state index < -0.39 is 9.84 Å². The minimum absolute atomic E-state index is 0.190. The van der Waals surface area contributed by atoms with Crippen molar-refractivity contribution in [1.29, 1.82) is 0 Å². The third kappa shape index (κ3) is 1.42. The van der Waals surface area contributed by atoms with Gasteiger partial charge in [0.1, 0.15) is 0 Å². The molecule has 1 fully saturated rings. The quantitative estimate of drug-likeness (QED) is 0.736. The third-order valence-corrected chi connectivity index (χ3v) is 5.96. The van der Waals surface area contributed by atoms with Gasteiger partial charge in [-0.25, -0.2) is 8.42 Å². The highest BCUT2D eigenvalue weighted by Crippen LogP contribution is 2.44. The summed E-state index contributed by atoms with van der Waals surface area (Å²) < 4.78 is 24.8. The molecule has 2 aliphatic carbocycles. The Morgan fingerprint density at radius 3 is 2.31 bits per heavy atom. The maximum absolute atomic E-state index is 12.4. The molecule has 0 aromatic heterocycles. The van der Waals surface area contributed by atoms with E-state index in [4.69, 9.17) is 0 Å². The summed E-state index contributed by atoms with van der Waals surface area (Å²) in [6.45, 7) is 0. The Kier molecular flexibility index (Phi) is 2.18. The van der Waals surface area contributed by atoms with Crippen LogP contribution in [-0.2, 0) is 9.84 Å². The second-order valence-corrected chi connectivity index (χ2v) is 6.84. The molecule has 84 valence electrons. The largest absolute Gasteiger partial charge is 0.223 e. The van der Waals surface area contributed by atoms with Gasteiger partial charge in [0, 0.05) is 0 Å². The molecule has 2 bridgehead atoms. The zero-order chi connectivity index (χ0) is 11.2. The van der Waals surface area contributed by atoms with Gasteiger partial charge in [0.05, 0.1) is 10.1 Å². The maximum atomic E-state index is 12.4. The average molecular weight is 234 g/mol. The standard InChI is InChI=1S/C13H14O2S/c14-16(15,12-4-2-1-3-5-12)13-9-10-6-7-11(13)8-10/h1-7,10-11,13H,8-9H2/t10-,11+,13+/m1/s1. The topological polar surface area (TPSA) is 34.1 Å². The number of hydrogen-bond acceptors (Lipinski definition) is 2. The number of benzene rings is 1. The van der Waals surface area contributed by atoms with Gasteiger partial charge in [-0.15, -0.1) is 0 Å². The average Bonchev–Trinajstić information content (AvgIpc) is 2.92. The molecule has 1 saturated carbocycles. The molecule has 0 radical (unpaired) electrons. The van der Waals surface area contributed by atoms with E-state index in [1.165, 1.54) is 0 Å². The van der Waals surface area contributed by atoms with Gasteiger partial charge >= 0.3 is 0 Å². The van der Waals surface area contributed by atoms with Crippen LogP contribution in [-0.4, -0.2) is 13.7 Å². The van der Waals surface area contributed by atoms with E-state index in [9.17, 15) is 8.42 Å². The van der Waals surface area contributed by atoms with Gasteiger partial charge in [0.25, 0.3) is 0 Å². The summed E-state index contributed by atoms with van der Waals surface area (Å²) in [7, 11) is -3.12. The summed E-state index contributed by atoms with van der Waals surface area (Å²) >= 11 is 0. The summed E-state index contributed by atoms with van der Waals surface area (Å²) in [6, 6.07) is 8.82. The molecule has 0 spiro atoms. The van der Waals surface area contributed by atoms with Crippen LogP contribution in [0.15, 0.2) is 47.4 Å². The van der Waals surface area contributed by atoms with Crippen LogP contribution >= 0.6 is 0 Å².